The Morgan fingerprint density at radius 3 is 2.80 bits per heavy atom. The average Bonchev–Trinajstić information content (AvgIpc) is 2.59. The van der Waals surface area contributed by atoms with Gasteiger partial charge in [0.15, 0.2) is 0 Å². The van der Waals surface area contributed by atoms with Gasteiger partial charge >= 0.3 is 0 Å². The second-order valence-electron chi connectivity index (χ2n) is 3.21. The summed E-state index contributed by atoms with van der Waals surface area (Å²) < 4.78 is 0. The number of nitrogens with zero attached hydrogens (tertiary/aromatic N) is 1. The highest BCUT2D eigenvalue weighted by Crippen LogP contribution is 2.45. The summed E-state index contributed by atoms with van der Waals surface area (Å²) in [6, 6.07) is 8.40. The van der Waals surface area contributed by atoms with Crippen LogP contribution in [0.25, 0.3) is 0 Å². The Hall–Kier alpha value is -1.41. The molecule has 0 radical (unpaired) electrons. The maximum atomic E-state index is 3.79. The van der Waals surface area contributed by atoms with E-state index in [2.05, 4.69) is 42.3 Å². The summed E-state index contributed by atoms with van der Waals surface area (Å²) in [6.45, 7) is 8.36. The van der Waals surface area contributed by atoms with Crippen LogP contribution in [0.5, 0.6) is 0 Å². The number of anilines is 1. The Bertz CT molecular complexity index is 420. The molecule has 0 spiro atoms. The first kappa shape index (κ1) is 10.1. The summed E-state index contributed by atoms with van der Waals surface area (Å²) in [4.78, 5) is 3.54. The van der Waals surface area contributed by atoms with Crippen LogP contribution in [0.4, 0.5) is 5.69 Å². The lowest BCUT2D eigenvalue weighted by Gasteiger charge is -2.17. The lowest BCUT2D eigenvalue weighted by Crippen LogP contribution is -2.16. The number of para-hydroxylation sites is 1. The predicted octanol–water partition coefficient (Wildman–Crippen LogP) is 3.81. The Labute approximate surface area is 94.8 Å². The second-order valence-corrected chi connectivity index (χ2v) is 4.27. The smallest absolute Gasteiger partial charge is 0.0804 e. The van der Waals surface area contributed by atoms with Gasteiger partial charge in [0.2, 0.25) is 0 Å². The van der Waals surface area contributed by atoms with Crippen molar-refractivity contribution in [3.8, 4) is 0 Å². The van der Waals surface area contributed by atoms with Gasteiger partial charge in [-0.2, -0.15) is 0 Å². The minimum absolute atomic E-state index is 0.837. The molecule has 0 saturated heterocycles. The fourth-order valence-electron chi connectivity index (χ4n) is 1.60. The summed E-state index contributed by atoms with van der Waals surface area (Å²) in [7, 11) is 0. The fourth-order valence-corrected chi connectivity index (χ4v) is 2.70. The van der Waals surface area contributed by atoms with Crippen molar-refractivity contribution in [3.63, 3.8) is 0 Å². The van der Waals surface area contributed by atoms with Crippen molar-refractivity contribution in [2.75, 3.05) is 11.4 Å². The summed E-state index contributed by atoms with van der Waals surface area (Å²) >= 11 is 1.78. The van der Waals surface area contributed by atoms with Crippen LogP contribution in [-0.4, -0.2) is 6.54 Å². The SMILES string of the molecule is C=C/C=C1/Sc2ccccc2N1CC=C. The largest absolute Gasteiger partial charge is 0.331 e. The van der Waals surface area contributed by atoms with E-state index < -0.39 is 0 Å². The summed E-state index contributed by atoms with van der Waals surface area (Å²) in [5, 5.41) is 1.21. The van der Waals surface area contributed by atoms with Gasteiger partial charge in [-0.15, -0.1) is 6.58 Å². The molecular weight excluding hydrogens is 202 g/mol. The molecule has 0 fully saturated rings. The van der Waals surface area contributed by atoms with E-state index in [0.29, 0.717) is 0 Å². The van der Waals surface area contributed by atoms with E-state index in [1.807, 2.05) is 18.2 Å². The van der Waals surface area contributed by atoms with Crippen LogP contribution in [0.2, 0.25) is 0 Å². The molecule has 15 heavy (non-hydrogen) atoms. The first-order chi connectivity index (χ1) is 7.36. The van der Waals surface area contributed by atoms with E-state index in [1.54, 1.807) is 11.8 Å². The summed E-state index contributed by atoms with van der Waals surface area (Å²) in [5.41, 5.74) is 1.26. The minimum Gasteiger partial charge on any atom is -0.331 e. The summed E-state index contributed by atoms with van der Waals surface area (Å²) in [6.07, 6.45) is 5.78. The van der Waals surface area contributed by atoms with Gasteiger partial charge < -0.3 is 4.90 Å². The Kier molecular flexibility index (Phi) is 2.97. The third kappa shape index (κ3) is 1.85. The lowest BCUT2D eigenvalue weighted by atomic mass is 10.3. The maximum absolute atomic E-state index is 3.79. The number of rotatable bonds is 3. The van der Waals surface area contributed by atoms with Gasteiger partial charge in [-0.1, -0.05) is 42.6 Å². The van der Waals surface area contributed by atoms with Crippen molar-refractivity contribution in [2.24, 2.45) is 0 Å². The van der Waals surface area contributed by atoms with Crippen LogP contribution in [0.1, 0.15) is 0 Å². The molecular formula is C13H13NS. The molecule has 0 aliphatic carbocycles. The molecule has 1 aliphatic heterocycles. The molecule has 2 heteroatoms. The molecule has 0 saturated carbocycles. The highest BCUT2D eigenvalue weighted by Gasteiger charge is 2.22. The molecule has 2 rings (SSSR count). The second kappa shape index (κ2) is 4.41. The van der Waals surface area contributed by atoms with E-state index >= 15 is 0 Å². The number of hydrogen-bond donors (Lipinski definition) is 0. The van der Waals surface area contributed by atoms with Crippen LogP contribution in [0.15, 0.2) is 65.6 Å². The molecule has 0 N–H and O–H groups in total. The number of benzene rings is 1. The van der Waals surface area contributed by atoms with E-state index in [1.165, 1.54) is 15.6 Å². The van der Waals surface area contributed by atoms with Crippen LogP contribution in [0, 0.1) is 0 Å². The van der Waals surface area contributed by atoms with E-state index in [-0.39, 0.29) is 0 Å². The molecule has 1 aromatic rings. The van der Waals surface area contributed by atoms with Crippen molar-refractivity contribution in [2.45, 2.75) is 4.90 Å². The van der Waals surface area contributed by atoms with Crippen LogP contribution < -0.4 is 4.90 Å². The van der Waals surface area contributed by atoms with Crippen LogP contribution >= 0.6 is 11.8 Å². The molecule has 0 atom stereocenters. The highest BCUT2D eigenvalue weighted by atomic mass is 32.2. The standard InChI is InChI=1S/C13H13NS/c1-3-7-13-14(10-4-2)11-8-5-6-9-12(11)15-13/h3-9H,1-2,10H2/b13-7+. The topological polar surface area (TPSA) is 3.24 Å². The third-order valence-corrected chi connectivity index (χ3v) is 3.34. The number of fused-ring (bicyclic) bond motifs is 1. The number of hydrogen-bond acceptors (Lipinski definition) is 2. The van der Waals surface area contributed by atoms with Crippen molar-refractivity contribution in [1.29, 1.82) is 0 Å². The van der Waals surface area contributed by atoms with Gasteiger partial charge in [0.1, 0.15) is 0 Å². The first-order valence-corrected chi connectivity index (χ1v) is 5.66. The molecule has 0 amide bonds. The molecule has 0 aromatic heterocycles. The van der Waals surface area contributed by atoms with Gasteiger partial charge in [0, 0.05) is 11.4 Å². The molecule has 0 bridgehead atoms. The summed E-state index contributed by atoms with van der Waals surface area (Å²) in [5.74, 6) is 0. The van der Waals surface area contributed by atoms with Crippen molar-refractivity contribution >= 4 is 17.4 Å². The fraction of sp³-hybridized carbons (Fsp3) is 0.0769. The minimum atomic E-state index is 0.837. The van der Waals surface area contributed by atoms with E-state index in [9.17, 15) is 0 Å². The third-order valence-electron chi connectivity index (χ3n) is 2.21. The normalized spacial score (nSPS) is 16.5. The van der Waals surface area contributed by atoms with E-state index in [4.69, 9.17) is 0 Å². The van der Waals surface area contributed by atoms with Crippen molar-refractivity contribution < 1.29 is 0 Å². The zero-order valence-corrected chi connectivity index (χ0v) is 9.33. The van der Waals surface area contributed by atoms with Crippen LogP contribution in [-0.2, 0) is 0 Å². The molecule has 1 heterocycles. The molecule has 1 aromatic carbocycles. The zero-order valence-electron chi connectivity index (χ0n) is 8.52. The Balaban J connectivity index is 2.41. The van der Waals surface area contributed by atoms with Crippen molar-refractivity contribution in [3.05, 3.63) is 60.7 Å². The lowest BCUT2D eigenvalue weighted by molar-refractivity contribution is 1.07. The molecule has 76 valence electrons. The van der Waals surface area contributed by atoms with Gasteiger partial charge in [-0.3, -0.25) is 0 Å². The Morgan fingerprint density at radius 1 is 1.27 bits per heavy atom. The quantitative estimate of drug-likeness (QED) is 0.705. The van der Waals surface area contributed by atoms with Gasteiger partial charge in [0.05, 0.1) is 10.7 Å². The number of thioether (sulfide) groups is 1. The van der Waals surface area contributed by atoms with Gasteiger partial charge in [-0.05, 0) is 18.2 Å². The maximum Gasteiger partial charge on any atom is 0.0804 e. The van der Waals surface area contributed by atoms with Gasteiger partial charge in [-0.25, -0.2) is 0 Å². The average molecular weight is 215 g/mol. The molecule has 1 aliphatic rings. The number of allylic oxidation sites excluding steroid dienone is 2. The van der Waals surface area contributed by atoms with Crippen molar-refractivity contribution in [1.82, 2.24) is 0 Å². The predicted molar refractivity (Wildman–Crippen MR) is 68.1 cm³/mol. The van der Waals surface area contributed by atoms with Gasteiger partial charge in [0.25, 0.3) is 0 Å². The Morgan fingerprint density at radius 2 is 2.07 bits per heavy atom. The van der Waals surface area contributed by atoms with E-state index in [0.717, 1.165) is 6.54 Å². The van der Waals surface area contributed by atoms with Crippen LogP contribution in [0.3, 0.4) is 0 Å². The monoisotopic (exact) mass is 215 g/mol. The zero-order chi connectivity index (χ0) is 10.7. The first-order valence-electron chi connectivity index (χ1n) is 4.85. The molecule has 1 nitrogen and oxygen atoms in total. The highest BCUT2D eigenvalue weighted by molar-refractivity contribution is 8.03. The molecule has 0 unspecified atom stereocenters.